The minimum atomic E-state index is -3.74. The van der Waals surface area contributed by atoms with Gasteiger partial charge in [-0.2, -0.15) is 0 Å². The van der Waals surface area contributed by atoms with Crippen molar-refractivity contribution in [1.29, 1.82) is 0 Å². The smallest absolute Gasteiger partial charge is 0.255 e. The van der Waals surface area contributed by atoms with E-state index < -0.39 is 15.9 Å². The number of anilines is 1. The predicted molar refractivity (Wildman–Crippen MR) is 102 cm³/mol. The maximum Gasteiger partial charge on any atom is 0.255 e. The second-order valence-electron chi connectivity index (χ2n) is 5.77. The fourth-order valence-corrected chi connectivity index (χ4v) is 3.41. The minimum Gasteiger partial charge on any atom is -0.504 e. The number of nitrogens with one attached hydrogen (secondary N) is 2. The number of carbonyl (C=O) groups is 1. The number of ether oxygens (including phenoxy) is 1. The minimum absolute atomic E-state index is 0.0256. The monoisotopic (exact) mass is 402 g/mol. The normalized spacial score (nSPS) is 11.2. The van der Waals surface area contributed by atoms with Crippen LogP contribution >= 0.6 is 0 Å². The first-order valence-electron chi connectivity index (χ1n) is 8.19. The van der Waals surface area contributed by atoms with Gasteiger partial charge in [-0.05, 0) is 48.5 Å². The zero-order chi connectivity index (χ0) is 20.1. The molecule has 0 unspecified atom stereocenters. The van der Waals surface area contributed by atoms with Gasteiger partial charge in [0.25, 0.3) is 5.91 Å². The topological polar surface area (TPSA) is 118 Å². The summed E-state index contributed by atoms with van der Waals surface area (Å²) in [6.45, 7) is 0.0263. The Labute approximate surface area is 161 Å². The number of furan rings is 1. The predicted octanol–water partition coefficient (Wildman–Crippen LogP) is 2.72. The number of sulfonamides is 1. The Balaban J connectivity index is 1.67. The molecule has 0 saturated carbocycles. The van der Waals surface area contributed by atoms with E-state index in [1.165, 1.54) is 49.8 Å². The number of benzene rings is 2. The molecule has 0 bridgehead atoms. The van der Waals surface area contributed by atoms with Crippen molar-refractivity contribution in [3.05, 3.63) is 72.2 Å². The number of hydrogen-bond acceptors (Lipinski definition) is 6. The van der Waals surface area contributed by atoms with Crippen LogP contribution in [0.5, 0.6) is 11.5 Å². The molecule has 8 nitrogen and oxygen atoms in total. The Kier molecular flexibility index (Phi) is 5.67. The first-order valence-corrected chi connectivity index (χ1v) is 9.68. The van der Waals surface area contributed by atoms with Crippen molar-refractivity contribution in [3.8, 4) is 11.5 Å². The molecule has 1 amide bonds. The van der Waals surface area contributed by atoms with E-state index in [4.69, 9.17) is 9.15 Å². The lowest BCUT2D eigenvalue weighted by Gasteiger charge is -2.09. The molecule has 2 aromatic carbocycles. The molecule has 28 heavy (non-hydrogen) atoms. The van der Waals surface area contributed by atoms with Gasteiger partial charge in [-0.15, -0.1) is 0 Å². The van der Waals surface area contributed by atoms with Crippen molar-refractivity contribution in [2.24, 2.45) is 0 Å². The summed E-state index contributed by atoms with van der Waals surface area (Å²) in [6.07, 6.45) is 1.46. The SMILES string of the molecule is COc1ccc(NC(=O)c2ccc(S(=O)(=O)NCc3ccco3)cc2)cc1O. The number of phenolic OH excluding ortho intramolecular Hbond substituents is 1. The van der Waals surface area contributed by atoms with Crippen molar-refractivity contribution in [2.75, 3.05) is 12.4 Å². The zero-order valence-corrected chi connectivity index (χ0v) is 15.7. The van der Waals surface area contributed by atoms with Crippen molar-refractivity contribution in [3.63, 3.8) is 0 Å². The first kappa shape index (κ1) is 19.5. The highest BCUT2D eigenvalue weighted by Crippen LogP contribution is 2.28. The van der Waals surface area contributed by atoms with Gasteiger partial charge < -0.3 is 19.6 Å². The van der Waals surface area contributed by atoms with E-state index in [9.17, 15) is 18.3 Å². The average molecular weight is 402 g/mol. The molecule has 146 valence electrons. The molecule has 9 heteroatoms. The molecule has 1 aromatic heterocycles. The van der Waals surface area contributed by atoms with Crippen LogP contribution in [-0.4, -0.2) is 26.5 Å². The number of amides is 1. The molecule has 0 radical (unpaired) electrons. The van der Waals surface area contributed by atoms with Gasteiger partial charge in [-0.25, -0.2) is 13.1 Å². The number of phenols is 1. The third-order valence-corrected chi connectivity index (χ3v) is 5.30. The number of aromatic hydroxyl groups is 1. The van der Waals surface area contributed by atoms with Crippen molar-refractivity contribution in [2.45, 2.75) is 11.4 Å². The number of hydrogen-bond donors (Lipinski definition) is 3. The summed E-state index contributed by atoms with van der Waals surface area (Å²) in [4.78, 5) is 12.3. The van der Waals surface area contributed by atoms with E-state index in [1.807, 2.05) is 0 Å². The van der Waals surface area contributed by atoms with Crippen LogP contribution in [0.1, 0.15) is 16.1 Å². The maximum absolute atomic E-state index is 12.3. The Morgan fingerprint density at radius 1 is 1.14 bits per heavy atom. The molecule has 3 aromatic rings. The van der Waals surface area contributed by atoms with Crippen molar-refractivity contribution in [1.82, 2.24) is 4.72 Å². The number of carbonyl (C=O) groups excluding carboxylic acids is 1. The second kappa shape index (κ2) is 8.15. The molecule has 0 fully saturated rings. The quantitative estimate of drug-likeness (QED) is 0.559. The second-order valence-corrected chi connectivity index (χ2v) is 7.54. The third kappa shape index (κ3) is 4.51. The summed E-state index contributed by atoms with van der Waals surface area (Å²) in [6, 6.07) is 13.3. The highest BCUT2D eigenvalue weighted by Gasteiger charge is 2.16. The van der Waals surface area contributed by atoms with E-state index in [1.54, 1.807) is 18.2 Å². The van der Waals surface area contributed by atoms with Gasteiger partial charge in [0.1, 0.15) is 5.76 Å². The molecule has 0 spiro atoms. The highest BCUT2D eigenvalue weighted by atomic mass is 32.2. The van der Waals surface area contributed by atoms with Crippen molar-refractivity contribution >= 4 is 21.6 Å². The molecule has 0 aliphatic heterocycles. The maximum atomic E-state index is 12.3. The van der Waals surface area contributed by atoms with Crippen LogP contribution < -0.4 is 14.8 Å². The van der Waals surface area contributed by atoms with Gasteiger partial charge in [-0.3, -0.25) is 4.79 Å². The summed E-state index contributed by atoms with van der Waals surface area (Å²) in [7, 11) is -2.32. The number of rotatable bonds is 7. The van der Waals surface area contributed by atoms with E-state index in [-0.39, 0.29) is 28.5 Å². The van der Waals surface area contributed by atoms with Crippen LogP contribution in [0.15, 0.2) is 70.2 Å². The Morgan fingerprint density at radius 3 is 2.50 bits per heavy atom. The Hall–Kier alpha value is -3.30. The number of methoxy groups -OCH3 is 1. The molecule has 1 heterocycles. The lowest BCUT2D eigenvalue weighted by molar-refractivity contribution is 0.102. The van der Waals surface area contributed by atoms with Crippen LogP contribution in [0, 0.1) is 0 Å². The fraction of sp³-hybridized carbons (Fsp3) is 0.105. The Bertz CT molecular complexity index is 1060. The van der Waals surface area contributed by atoms with Crippen LogP contribution in [0.25, 0.3) is 0 Å². The van der Waals surface area contributed by atoms with Gasteiger partial charge >= 0.3 is 0 Å². The molecule has 0 saturated heterocycles. The van der Waals surface area contributed by atoms with Crippen LogP contribution in [0.2, 0.25) is 0 Å². The molecule has 3 N–H and O–H groups in total. The lowest BCUT2D eigenvalue weighted by Crippen LogP contribution is -2.23. The summed E-state index contributed by atoms with van der Waals surface area (Å²) in [5.41, 5.74) is 0.639. The molecule has 0 aliphatic carbocycles. The third-order valence-electron chi connectivity index (χ3n) is 3.88. The van der Waals surface area contributed by atoms with Gasteiger partial charge in [0.2, 0.25) is 10.0 Å². The summed E-state index contributed by atoms with van der Waals surface area (Å²) < 4.78 is 37.1. The molecular formula is C19H18N2O6S. The average Bonchev–Trinajstić information content (AvgIpc) is 3.20. The lowest BCUT2D eigenvalue weighted by atomic mass is 10.2. The van der Waals surface area contributed by atoms with Crippen LogP contribution in [0.4, 0.5) is 5.69 Å². The van der Waals surface area contributed by atoms with E-state index >= 15 is 0 Å². The van der Waals surface area contributed by atoms with E-state index in [0.717, 1.165) is 0 Å². The largest absolute Gasteiger partial charge is 0.504 e. The summed E-state index contributed by atoms with van der Waals surface area (Å²) in [5, 5.41) is 12.4. The zero-order valence-electron chi connectivity index (χ0n) is 14.9. The molecule has 0 aliphatic rings. The standard InChI is InChI=1S/C19H18N2O6S/c1-26-18-9-6-14(11-17(18)22)21-19(23)13-4-7-16(8-5-13)28(24,25)20-12-15-3-2-10-27-15/h2-11,20,22H,12H2,1H3,(H,21,23). The highest BCUT2D eigenvalue weighted by molar-refractivity contribution is 7.89. The van der Waals surface area contributed by atoms with Crippen LogP contribution in [-0.2, 0) is 16.6 Å². The van der Waals surface area contributed by atoms with E-state index in [0.29, 0.717) is 11.4 Å². The first-order chi connectivity index (χ1) is 13.4. The molecular weight excluding hydrogens is 384 g/mol. The molecule has 0 atom stereocenters. The Morgan fingerprint density at radius 2 is 1.89 bits per heavy atom. The fourth-order valence-electron chi connectivity index (χ4n) is 2.42. The van der Waals surface area contributed by atoms with Crippen molar-refractivity contribution < 1.29 is 27.5 Å². The van der Waals surface area contributed by atoms with Gasteiger partial charge in [-0.1, -0.05) is 0 Å². The van der Waals surface area contributed by atoms with Gasteiger partial charge in [0.05, 0.1) is 24.8 Å². The molecule has 3 rings (SSSR count). The van der Waals surface area contributed by atoms with Gasteiger partial charge in [0.15, 0.2) is 11.5 Å². The van der Waals surface area contributed by atoms with E-state index in [2.05, 4.69) is 10.0 Å². The summed E-state index contributed by atoms with van der Waals surface area (Å²) in [5.74, 6) is 0.221. The summed E-state index contributed by atoms with van der Waals surface area (Å²) >= 11 is 0. The van der Waals surface area contributed by atoms with Gasteiger partial charge in [0, 0.05) is 17.3 Å². The van der Waals surface area contributed by atoms with Crippen LogP contribution in [0.3, 0.4) is 0 Å².